The lowest BCUT2D eigenvalue weighted by Crippen LogP contribution is -2.45. The van der Waals surface area contributed by atoms with Crippen molar-refractivity contribution < 1.29 is 14.2 Å². The highest BCUT2D eigenvalue weighted by molar-refractivity contribution is 5.46. The fourth-order valence-electron chi connectivity index (χ4n) is 3.54. The molecule has 3 rings (SSSR count). The van der Waals surface area contributed by atoms with Crippen LogP contribution in [-0.4, -0.2) is 56.8 Å². The van der Waals surface area contributed by atoms with Crippen LogP contribution < -0.4 is 14.2 Å². The van der Waals surface area contributed by atoms with E-state index in [1.54, 1.807) is 14.2 Å². The Morgan fingerprint density at radius 2 is 1.48 bits per heavy atom. The summed E-state index contributed by atoms with van der Waals surface area (Å²) in [6.07, 6.45) is 0. The third-order valence-corrected chi connectivity index (χ3v) is 4.98. The SMILES string of the molecule is CCOc1ccc(CN2CCN(Cc3cccc(OC)c3OC)CC2)cc1. The number of rotatable bonds is 8. The van der Waals surface area contributed by atoms with Crippen molar-refractivity contribution in [3.63, 3.8) is 0 Å². The minimum absolute atomic E-state index is 0.708. The maximum Gasteiger partial charge on any atom is 0.165 e. The summed E-state index contributed by atoms with van der Waals surface area (Å²) in [5.41, 5.74) is 2.51. The molecule has 27 heavy (non-hydrogen) atoms. The van der Waals surface area contributed by atoms with E-state index in [4.69, 9.17) is 14.2 Å². The van der Waals surface area contributed by atoms with Crippen molar-refractivity contribution in [1.29, 1.82) is 0 Å². The van der Waals surface area contributed by atoms with Crippen LogP contribution in [0.1, 0.15) is 18.1 Å². The second-order valence-electron chi connectivity index (χ2n) is 6.78. The molecule has 1 heterocycles. The average Bonchev–Trinajstić information content (AvgIpc) is 2.71. The first-order valence-corrected chi connectivity index (χ1v) is 9.59. The summed E-state index contributed by atoms with van der Waals surface area (Å²) < 4.78 is 16.5. The van der Waals surface area contributed by atoms with Crippen LogP contribution in [0.15, 0.2) is 42.5 Å². The lowest BCUT2D eigenvalue weighted by atomic mass is 10.1. The predicted molar refractivity (Wildman–Crippen MR) is 108 cm³/mol. The van der Waals surface area contributed by atoms with Crippen molar-refractivity contribution >= 4 is 0 Å². The standard InChI is InChI=1S/C22H30N2O3/c1-4-27-20-10-8-18(9-11-20)16-23-12-14-24(15-13-23)17-19-6-5-7-21(25-2)22(19)26-3/h5-11H,4,12-17H2,1-3H3. The summed E-state index contributed by atoms with van der Waals surface area (Å²) in [5, 5.41) is 0. The van der Waals surface area contributed by atoms with Crippen LogP contribution in [0.4, 0.5) is 0 Å². The summed E-state index contributed by atoms with van der Waals surface area (Å²) >= 11 is 0. The molecular formula is C22H30N2O3. The molecule has 1 saturated heterocycles. The lowest BCUT2D eigenvalue weighted by Gasteiger charge is -2.35. The van der Waals surface area contributed by atoms with Crippen LogP contribution in [0.3, 0.4) is 0 Å². The first kappa shape index (κ1) is 19.5. The lowest BCUT2D eigenvalue weighted by molar-refractivity contribution is 0.121. The predicted octanol–water partition coefficient (Wildman–Crippen LogP) is 3.42. The summed E-state index contributed by atoms with van der Waals surface area (Å²) in [4.78, 5) is 4.99. The van der Waals surface area contributed by atoms with Crippen LogP contribution in [0.5, 0.6) is 17.2 Å². The van der Waals surface area contributed by atoms with Gasteiger partial charge in [0.15, 0.2) is 11.5 Å². The number of hydrogen-bond donors (Lipinski definition) is 0. The van der Waals surface area contributed by atoms with Gasteiger partial charge in [-0.25, -0.2) is 0 Å². The van der Waals surface area contributed by atoms with Crippen LogP contribution in [0.25, 0.3) is 0 Å². The third-order valence-electron chi connectivity index (χ3n) is 4.98. The average molecular weight is 370 g/mol. The fourth-order valence-corrected chi connectivity index (χ4v) is 3.54. The molecule has 1 aliphatic rings. The van der Waals surface area contributed by atoms with E-state index < -0.39 is 0 Å². The van der Waals surface area contributed by atoms with Gasteiger partial charge < -0.3 is 14.2 Å². The van der Waals surface area contributed by atoms with E-state index in [0.717, 1.165) is 56.5 Å². The van der Waals surface area contributed by atoms with Gasteiger partial charge in [-0.3, -0.25) is 9.80 Å². The minimum atomic E-state index is 0.708. The van der Waals surface area contributed by atoms with Crippen LogP contribution >= 0.6 is 0 Å². The zero-order valence-electron chi connectivity index (χ0n) is 16.6. The molecule has 0 aliphatic carbocycles. The highest BCUT2D eigenvalue weighted by Gasteiger charge is 2.19. The van der Waals surface area contributed by atoms with Crippen LogP contribution in [-0.2, 0) is 13.1 Å². The Morgan fingerprint density at radius 1 is 0.815 bits per heavy atom. The van der Waals surface area contributed by atoms with Gasteiger partial charge in [0, 0.05) is 44.8 Å². The number of piperazine rings is 1. The van der Waals surface area contributed by atoms with Crippen molar-refractivity contribution in [3.8, 4) is 17.2 Å². The highest BCUT2D eigenvalue weighted by Crippen LogP contribution is 2.31. The van der Waals surface area contributed by atoms with Crippen molar-refractivity contribution in [2.75, 3.05) is 47.0 Å². The molecule has 2 aromatic rings. The van der Waals surface area contributed by atoms with Gasteiger partial charge in [0.2, 0.25) is 0 Å². The van der Waals surface area contributed by atoms with Crippen molar-refractivity contribution in [3.05, 3.63) is 53.6 Å². The number of ether oxygens (including phenoxy) is 3. The number of methoxy groups -OCH3 is 2. The summed E-state index contributed by atoms with van der Waals surface area (Å²) in [7, 11) is 3.39. The van der Waals surface area contributed by atoms with Gasteiger partial charge in [-0.15, -0.1) is 0 Å². The summed E-state index contributed by atoms with van der Waals surface area (Å²) in [6.45, 7) is 8.83. The van der Waals surface area contributed by atoms with Crippen LogP contribution in [0.2, 0.25) is 0 Å². The molecule has 146 valence electrons. The van der Waals surface area contributed by atoms with E-state index in [1.165, 1.54) is 11.1 Å². The van der Waals surface area contributed by atoms with Crippen LogP contribution in [0, 0.1) is 0 Å². The summed E-state index contributed by atoms with van der Waals surface area (Å²) in [6, 6.07) is 14.5. The molecule has 5 heteroatoms. The van der Waals surface area contributed by atoms with Gasteiger partial charge >= 0.3 is 0 Å². The molecule has 0 amide bonds. The van der Waals surface area contributed by atoms with E-state index >= 15 is 0 Å². The monoisotopic (exact) mass is 370 g/mol. The zero-order chi connectivity index (χ0) is 19.1. The molecule has 0 atom stereocenters. The number of benzene rings is 2. The number of nitrogens with zero attached hydrogens (tertiary/aromatic N) is 2. The van der Waals surface area contributed by atoms with Gasteiger partial charge in [0.25, 0.3) is 0 Å². The molecular weight excluding hydrogens is 340 g/mol. The van der Waals surface area contributed by atoms with Gasteiger partial charge in [-0.05, 0) is 30.7 Å². The van der Waals surface area contributed by atoms with Crippen molar-refractivity contribution in [2.24, 2.45) is 0 Å². The quantitative estimate of drug-likeness (QED) is 0.711. The molecule has 0 unspecified atom stereocenters. The van der Waals surface area contributed by atoms with Crippen molar-refractivity contribution in [1.82, 2.24) is 9.80 Å². The molecule has 1 fully saturated rings. The minimum Gasteiger partial charge on any atom is -0.494 e. The number of hydrogen-bond acceptors (Lipinski definition) is 5. The highest BCUT2D eigenvalue weighted by atomic mass is 16.5. The summed E-state index contributed by atoms with van der Waals surface area (Å²) in [5.74, 6) is 2.58. The second-order valence-corrected chi connectivity index (χ2v) is 6.78. The van der Waals surface area contributed by atoms with Gasteiger partial charge in [0.1, 0.15) is 5.75 Å². The van der Waals surface area contributed by atoms with Crippen molar-refractivity contribution in [2.45, 2.75) is 20.0 Å². The molecule has 0 N–H and O–H groups in total. The Kier molecular flexibility index (Phi) is 6.96. The molecule has 0 spiro atoms. The normalized spacial score (nSPS) is 15.5. The van der Waals surface area contributed by atoms with Gasteiger partial charge in [-0.1, -0.05) is 24.3 Å². The van der Waals surface area contributed by atoms with E-state index in [1.807, 2.05) is 19.1 Å². The first-order chi connectivity index (χ1) is 13.2. The first-order valence-electron chi connectivity index (χ1n) is 9.59. The third kappa shape index (κ3) is 5.15. The molecule has 0 aromatic heterocycles. The fraction of sp³-hybridized carbons (Fsp3) is 0.455. The molecule has 0 radical (unpaired) electrons. The molecule has 2 aromatic carbocycles. The van der Waals surface area contributed by atoms with E-state index in [9.17, 15) is 0 Å². The Bertz CT molecular complexity index is 710. The maximum absolute atomic E-state index is 5.56. The molecule has 5 nitrogen and oxygen atoms in total. The smallest absolute Gasteiger partial charge is 0.165 e. The number of para-hydroxylation sites is 1. The Hall–Kier alpha value is -2.24. The Morgan fingerprint density at radius 3 is 2.07 bits per heavy atom. The second kappa shape index (κ2) is 9.62. The largest absolute Gasteiger partial charge is 0.494 e. The van der Waals surface area contributed by atoms with Gasteiger partial charge in [-0.2, -0.15) is 0 Å². The van der Waals surface area contributed by atoms with E-state index in [0.29, 0.717) is 6.61 Å². The Balaban J connectivity index is 1.52. The zero-order valence-corrected chi connectivity index (χ0v) is 16.6. The Labute approximate surface area is 162 Å². The maximum atomic E-state index is 5.56. The molecule has 0 bridgehead atoms. The van der Waals surface area contributed by atoms with E-state index in [2.05, 4.69) is 40.1 Å². The topological polar surface area (TPSA) is 34.2 Å². The molecule has 1 aliphatic heterocycles. The molecule has 0 saturated carbocycles. The van der Waals surface area contributed by atoms with E-state index in [-0.39, 0.29) is 0 Å². The van der Waals surface area contributed by atoms with Gasteiger partial charge in [0.05, 0.1) is 20.8 Å².